The highest BCUT2D eigenvalue weighted by Gasteiger charge is 2.15. The van der Waals surface area contributed by atoms with Crippen molar-refractivity contribution in [2.24, 2.45) is 0 Å². The van der Waals surface area contributed by atoms with E-state index in [1.165, 1.54) is 23.1 Å². The summed E-state index contributed by atoms with van der Waals surface area (Å²) in [5, 5.41) is 2.22. The maximum absolute atomic E-state index is 13.5. The van der Waals surface area contributed by atoms with Crippen molar-refractivity contribution in [3.63, 3.8) is 0 Å². The molecule has 0 unspecified atom stereocenters. The molecular weight excluding hydrogens is 345 g/mol. The Labute approximate surface area is 137 Å². The van der Waals surface area contributed by atoms with Crippen LogP contribution < -0.4 is 5.32 Å². The van der Waals surface area contributed by atoms with Gasteiger partial charge in [0.15, 0.2) is 21.8 Å². The predicted octanol–water partition coefficient (Wildman–Crippen LogP) is 4.44. The monoisotopic (exact) mass is 354 g/mol. The van der Waals surface area contributed by atoms with Gasteiger partial charge in [0.1, 0.15) is 0 Å². The van der Waals surface area contributed by atoms with Gasteiger partial charge in [-0.25, -0.2) is 18.2 Å². The minimum atomic E-state index is -1.61. The minimum absolute atomic E-state index is 0.0156. The number of nitrogens with zero attached hydrogens (tertiary/aromatic N) is 1. The summed E-state index contributed by atoms with van der Waals surface area (Å²) in [6.45, 7) is 0. The van der Waals surface area contributed by atoms with Crippen molar-refractivity contribution in [1.29, 1.82) is 0 Å². The van der Waals surface area contributed by atoms with Crippen molar-refractivity contribution in [1.82, 2.24) is 4.98 Å². The fraction of sp³-hybridized carbons (Fsp3) is 0.0667. The SMILES string of the molecule is O=C(CSc1nc2ccccc2s1)Nc1ccc(F)c(F)c1F. The number of thioether (sulfide) groups is 1. The van der Waals surface area contributed by atoms with Crippen LogP contribution in [-0.4, -0.2) is 16.6 Å². The topological polar surface area (TPSA) is 42.0 Å². The van der Waals surface area contributed by atoms with Crippen LogP contribution in [-0.2, 0) is 4.79 Å². The first kappa shape index (κ1) is 15.8. The number of halogens is 3. The molecule has 0 saturated carbocycles. The molecule has 1 heterocycles. The Kier molecular flexibility index (Phi) is 4.53. The number of amides is 1. The van der Waals surface area contributed by atoms with Gasteiger partial charge in [-0.05, 0) is 24.3 Å². The number of hydrogen-bond donors (Lipinski definition) is 1. The molecule has 0 atom stereocenters. The Morgan fingerprint density at radius 3 is 2.70 bits per heavy atom. The van der Waals surface area contributed by atoms with Crippen molar-refractivity contribution < 1.29 is 18.0 Å². The number of hydrogen-bond acceptors (Lipinski definition) is 4. The highest BCUT2D eigenvalue weighted by Crippen LogP contribution is 2.29. The van der Waals surface area contributed by atoms with E-state index in [-0.39, 0.29) is 5.75 Å². The molecule has 3 aromatic rings. The molecule has 23 heavy (non-hydrogen) atoms. The zero-order valence-electron chi connectivity index (χ0n) is 11.5. The van der Waals surface area contributed by atoms with Crippen LogP contribution in [0.2, 0.25) is 0 Å². The number of aromatic nitrogens is 1. The van der Waals surface area contributed by atoms with E-state index >= 15 is 0 Å². The van der Waals surface area contributed by atoms with Gasteiger partial charge in [0, 0.05) is 0 Å². The second-order valence-corrected chi connectivity index (χ2v) is 6.76. The van der Waals surface area contributed by atoms with E-state index < -0.39 is 29.0 Å². The average Bonchev–Trinajstić information content (AvgIpc) is 2.96. The second-order valence-electron chi connectivity index (χ2n) is 4.51. The zero-order valence-corrected chi connectivity index (χ0v) is 13.1. The first-order valence-corrected chi connectivity index (χ1v) is 8.26. The van der Waals surface area contributed by atoms with Gasteiger partial charge < -0.3 is 5.32 Å². The van der Waals surface area contributed by atoms with Gasteiger partial charge in [0.05, 0.1) is 21.7 Å². The van der Waals surface area contributed by atoms with E-state index in [1.54, 1.807) is 0 Å². The summed E-state index contributed by atoms with van der Waals surface area (Å²) in [4.78, 5) is 16.2. The molecule has 0 saturated heterocycles. The van der Waals surface area contributed by atoms with Crippen LogP contribution in [0.3, 0.4) is 0 Å². The van der Waals surface area contributed by atoms with E-state index in [0.29, 0.717) is 4.34 Å². The molecule has 3 rings (SSSR count). The quantitative estimate of drug-likeness (QED) is 0.556. The van der Waals surface area contributed by atoms with Gasteiger partial charge in [-0.2, -0.15) is 0 Å². The zero-order chi connectivity index (χ0) is 16.4. The van der Waals surface area contributed by atoms with E-state index in [0.717, 1.165) is 22.3 Å². The van der Waals surface area contributed by atoms with Crippen molar-refractivity contribution in [3.8, 4) is 0 Å². The molecule has 118 valence electrons. The number of carbonyl (C=O) groups excluding carboxylic acids is 1. The number of thiazole rings is 1. The van der Waals surface area contributed by atoms with Crippen LogP contribution in [0.25, 0.3) is 10.2 Å². The summed E-state index contributed by atoms with van der Waals surface area (Å²) < 4.78 is 41.1. The molecule has 0 bridgehead atoms. The second kappa shape index (κ2) is 6.59. The summed E-state index contributed by atoms with van der Waals surface area (Å²) in [7, 11) is 0. The maximum Gasteiger partial charge on any atom is 0.234 e. The molecule has 0 aliphatic heterocycles. The van der Waals surface area contributed by atoms with E-state index in [9.17, 15) is 18.0 Å². The van der Waals surface area contributed by atoms with Crippen molar-refractivity contribution in [2.45, 2.75) is 4.34 Å². The van der Waals surface area contributed by atoms with Gasteiger partial charge in [-0.1, -0.05) is 23.9 Å². The van der Waals surface area contributed by atoms with E-state index in [1.807, 2.05) is 24.3 Å². The molecule has 2 aromatic carbocycles. The standard InChI is InChI=1S/C15H9F3N2OS2/c16-8-5-6-10(14(18)13(8)17)19-12(21)7-22-15-20-9-3-1-2-4-11(9)23-15/h1-6H,7H2,(H,19,21). The molecule has 1 N–H and O–H groups in total. The number of rotatable bonds is 4. The highest BCUT2D eigenvalue weighted by molar-refractivity contribution is 8.01. The van der Waals surface area contributed by atoms with Crippen LogP contribution in [0.4, 0.5) is 18.9 Å². The lowest BCUT2D eigenvalue weighted by molar-refractivity contribution is -0.113. The third kappa shape index (κ3) is 3.48. The summed E-state index contributed by atoms with van der Waals surface area (Å²) in [6.07, 6.45) is 0. The smallest absolute Gasteiger partial charge is 0.234 e. The molecule has 0 aliphatic rings. The molecule has 1 aromatic heterocycles. The number of carbonyl (C=O) groups is 1. The van der Waals surface area contributed by atoms with Gasteiger partial charge in [0.2, 0.25) is 5.91 Å². The minimum Gasteiger partial charge on any atom is -0.323 e. The van der Waals surface area contributed by atoms with E-state index in [2.05, 4.69) is 10.3 Å². The van der Waals surface area contributed by atoms with Gasteiger partial charge >= 0.3 is 0 Å². The largest absolute Gasteiger partial charge is 0.323 e. The van der Waals surface area contributed by atoms with Crippen molar-refractivity contribution >= 4 is 44.9 Å². The van der Waals surface area contributed by atoms with Crippen LogP contribution in [0.15, 0.2) is 40.7 Å². The van der Waals surface area contributed by atoms with Crippen LogP contribution in [0.5, 0.6) is 0 Å². The summed E-state index contributed by atoms with van der Waals surface area (Å²) in [5.74, 6) is -4.87. The predicted molar refractivity (Wildman–Crippen MR) is 85.3 cm³/mol. The Balaban J connectivity index is 1.64. The molecule has 3 nitrogen and oxygen atoms in total. The van der Waals surface area contributed by atoms with Gasteiger partial charge in [0.25, 0.3) is 0 Å². The molecule has 0 spiro atoms. The van der Waals surface area contributed by atoms with Crippen molar-refractivity contribution in [3.05, 3.63) is 53.8 Å². The average molecular weight is 354 g/mol. The lowest BCUT2D eigenvalue weighted by Gasteiger charge is -2.06. The summed E-state index contributed by atoms with van der Waals surface area (Å²) >= 11 is 2.63. The first-order chi connectivity index (χ1) is 11.0. The number of para-hydroxylation sites is 1. The summed E-state index contributed by atoms with van der Waals surface area (Å²) in [5.41, 5.74) is 0.450. The normalized spacial score (nSPS) is 10.9. The third-order valence-corrected chi connectivity index (χ3v) is 5.09. The molecular formula is C15H9F3N2OS2. The molecule has 0 aliphatic carbocycles. The van der Waals surface area contributed by atoms with Crippen molar-refractivity contribution in [2.75, 3.05) is 11.1 Å². The van der Waals surface area contributed by atoms with Gasteiger partial charge in [-0.3, -0.25) is 4.79 Å². The Bertz CT molecular complexity index is 849. The number of nitrogens with one attached hydrogen (secondary N) is 1. The molecule has 0 radical (unpaired) electrons. The van der Waals surface area contributed by atoms with E-state index in [4.69, 9.17) is 0 Å². The number of anilines is 1. The molecule has 8 heteroatoms. The lowest BCUT2D eigenvalue weighted by atomic mass is 10.3. The Morgan fingerprint density at radius 1 is 1.13 bits per heavy atom. The number of fused-ring (bicyclic) bond motifs is 1. The Hall–Kier alpha value is -2.06. The van der Waals surface area contributed by atoms with Crippen LogP contribution >= 0.6 is 23.1 Å². The first-order valence-electron chi connectivity index (χ1n) is 6.46. The molecule has 0 fully saturated rings. The summed E-state index contributed by atoms with van der Waals surface area (Å²) in [6, 6.07) is 9.30. The van der Waals surface area contributed by atoms with Crippen LogP contribution in [0, 0.1) is 17.5 Å². The Morgan fingerprint density at radius 2 is 1.91 bits per heavy atom. The van der Waals surface area contributed by atoms with Crippen LogP contribution in [0.1, 0.15) is 0 Å². The fourth-order valence-corrected chi connectivity index (χ4v) is 3.72. The molecule has 1 amide bonds. The lowest BCUT2D eigenvalue weighted by Crippen LogP contribution is -2.15. The van der Waals surface area contributed by atoms with Gasteiger partial charge in [-0.15, -0.1) is 11.3 Å². The maximum atomic E-state index is 13.5. The third-order valence-electron chi connectivity index (χ3n) is 2.91. The highest BCUT2D eigenvalue weighted by atomic mass is 32.2. The fourth-order valence-electron chi connectivity index (χ4n) is 1.85. The number of benzene rings is 2.